The smallest absolute Gasteiger partial charge is 0.181 e. The summed E-state index contributed by atoms with van der Waals surface area (Å²) in [7, 11) is 0. The molecule has 41 heavy (non-hydrogen) atoms. The van der Waals surface area contributed by atoms with E-state index in [2.05, 4.69) is 20.8 Å². The van der Waals surface area contributed by atoms with E-state index < -0.39 is 0 Å². The Hall–Kier alpha value is -2.80. The van der Waals surface area contributed by atoms with Crippen LogP contribution in [0, 0.1) is 5.92 Å². The lowest BCUT2D eigenvalue weighted by atomic mass is 9.96. The van der Waals surface area contributed by atoms with Crippen molar-refractivity contribution in [1.82, 2.24) is 0 Å². The van der Waals surface area contributed by atoms with E-state index in [1.807, 2.05) is 5.38 Å². The summed E-state index contributed by atoms with van der Waals surface area (Å²) < 4.78 is 49.4. The molecule has 4 aromatic heterocycles. The van der Waals surface area contributed by atoms with Gasteiger partial charge < -0.3 is 37.9 Å². The second kappa shape index (κ2) is 10.2. The standard InChI is InChI=1S/C29H28O8S4/c1-13(2)14(3)23-17-18(33-7-6-32-17)26(39-23)27-21-22(37-11-10-36-21)29(41-27)28-20-19(34-8-9-35-20)25(40-28)24-16-15(12-38-24)30-4-5-31-16/h12-14H,4-11H2,1-3H3. The van der Waals surface area contributed by atoms with Gasteiger partial charge >= 0.3 is 0 Å². The van der Waals surface area contributed by atoms with Crippen LogP contribution < -0.4 is 37.9 Å². The Morgan fingerprint density at radius 1 is 0.463 bits per heavy atom. The molecule has 0 radical (unpaired) electrons. The first-order valence-electron chi connectivity index (χ1n) is 13.7. The van der Waals surface area contributed by atoms with Crippen molar-refractivity contribution < 1.29 is 37.9 Å². The average Bonchev–Trinajstić information content (AvgIpc) is 3.78. The largest absolute Gasteiger partial charge is 0.485 e. The normalized spacial score (nSPS) is 17.6. The van der Waals surface area contributed by atoms with E-state index in [1.165, 1.54) is 4.88 Å². The highest BCUT2D eigenvalue weighted by Gasteiger charge is 2.38. The summed E-state index contributed by atoms with van der Waals surface area (Å²) >= 11 is 6.61. The molecule has 216 valence electrons. The molecule has 12 heteroatoms. The molecule has 1 atom stereocenters. The Morgan fingerprint density at radius 3 is 1.37 bits per heavy atom. The zero-order valence-electron chi connectivity index (χ0n) is 22.8. The van der Waals surface area contributed by atoms with Crippen LogP contribution in [-0.2, 0) is 0 Å². The molecule has 0 saturated carbocycles. The lowest BCUT2D eigenvalue weighted by molar-refractivity contribution is 0.170. The topological polar surface area (TPSA) is 73.8 Å². The third-order valence-electron chi connectivity index (χ3n) is 7.56. The molecule has 8 heterocycles. The van der Waals surface area contributed by atoms with Crippen LogP contribution in [0.5, 0.6) is 46.0 Å². The second-order valence-corrected chi connectivity index (χ2v) is 14.3. The highest BCUT2D eigenvalue weighted by molar-refractivity contribution is 7.29. The molecule has 0 N–H and O–H groups in total. The molecule has 1 unspecified atom stereocenters. The van der Waals surface area contributed by atoms with Gasteiger partial charge in [-0.2, -0.15) is 0 Å². The number of hydrogen-bond donors (Lipinski definition) is 0. The molecule has 0 fully saturated rings. The van der Waals surface area contributed by atoms with Crippen LogP contribution in [0.4, 0.5) is 0 Å². The van der Waals surface area contributed by atoms with E-state index >= 15 is 0 Å². The van der Waals surface area contributed by atoms with Crippen molar-refractivity contribution in [3.05, 3.63) is 10.3 Å². The number of thiophene rings is 4. The third-order valence-corrected chi connectivity index (χ3v) is 12.6. The van der Waals surface area contributed by atoms with Gasteiger partial charge in [-0.1, -0.05) is 20.8 Å². The first-order valence-corrected chi connectivity index (χ1v) is 17.1. The molecule has 0 bridgehead atoms. The molecular weight excluding hydrogens is 605 g/mol. The fourth-order valence-electron chi connectivity index (χ4n) is 5.24. The van der Waals surface area contributed by atoms with Crippen molar-refractivity contribution in [3.8, 4) is 75.3 Å². The highest BCUT2D eigenvalue weighted by Crippen LogP contribution is 2.65. The van der Waals surface area contributed by atoms with Crippen molar-refractivity contribution >= 4 is 45.3 Å². The number of ether oxygens (including phenoxy) is 8. The predicted molar refractivity (Wildman–Crippen MR) is 161 cm³/mol. The number of rotatable bonds is 5. The van der Waals surface area contributed by atoms with E-state index in [1.54, 1.807) is 45.3 Å². The van der Waals surface area contributed by atoms with E-state index in [0.717, 1.165) is 75.3 Å². The van der Waals surface area contributed by atoms with Gasteiger partial charge in [0, 0.05) is 5.38 Å². The monoisotopic (exact) mass is 632 g/mol. The van der Waals surface area contributed by atoms with E-state index in [9.17, 15) is 0 Å². The zero-order valence-corrected chi connectivity index (χ0v) is 26.1. The van der Waals surface area contributed by atoms with E-state index in [4.69, 9.17) is 37.9 Å². The Morgan fingerprint density at radius 2 is 0.854 bits per heavy atom. The van der Waals surface area contributed by atoms with Gasteiger partial charge in [-0.15, -0.1) is 45.3 Å². The molecule has 0 aliphatic carbocycles. The van der Waals surface area contributed by atoms with Crippen LogP contribution in [0.1, 0.15) is 31.6 Å². The predicted octanol–water partition coefficient (Wildman–Crippen LogP) is 7.78. The van der Waals surface area contributed by atoms with Crippen LogP contribution in [0.3, 0.4) is 0 Å². The van der Waals surface area contributed by atoms with Crippen molar-refractivity contribution in [2.45, 2.75) is 26.7 Å². The minimum Gasteiger partial charge on any atom is -0.485 e. The molecule has 4 aliphatic rings. The molecule has 8 nitrogen and oxygen atoms in total. The highest BCUT2D eigenvalue weighted by atomic mass is 32.1. The molecule has 0 aromatic carbocycles. The van der Waals surface area contributed by atoms with Crippen LogP contribution in [0.15, 0.2) is 5.38 Å². The van der Waals surface area contributed by atoms with Crippen LogP contribution in [0.2, 0.25) is 0 Å². The third kappa shape index (κ3) is 4.09. The minimum atomic E-state index is 0.331. The Bertz CT molecular complexity index is 1630. The van der Waals surface area contributed by atoms with Gasteiger partial charge in [-0.25, -0.2) is 0 Å². The SMILES string of the molecule is CC(C)C(C)c1sc(-c2sc(-c3sc(-c4scc5c4OCCO5)c4c3OCCO4)c3c2OCCO3)c2c1OCCO2. The summed E-state index contributed by atoms with van der Waals surface area (Å²) in [6.07, 6.45) is 0. The average molecular weight is 633 g/mol. The van der Waals surface area contributed by atoms with Gasteiger partial charge in [0.05, 0.1) is 34.1 Å². The fourth-order valence-corrected chi connectivity index (χ4v) is 10.4. The molecule has 0 spiro atoms. The van der Waals surface area contributed by atoms with E-state index in [-0.39, 0.29) is 0 Å². The summed E-state index contributed by atoms with van der Waals surface area (Å²) in [4.78, 5) is 7.13. The van der Waals surface area contributed by atoms with Crippen LogP contribution in [0.25, 0.3) is 29.3 Å². The first-order chi connectivity index (χ1) is 20.1. The summed E-state index contributed by atoms with van der Waals surface area (Å²) in [5.74, 6) is 7.00. The van der Waals surface area contributed by atoms with Gasteiger partial charge in [0.25, 0.3) is 0 Å². The molecule has 4 aromatic rings. The Labute approximate surface area is 253 Å². The van der Waals surface area contributed by atoms with Crippen molar-refractivity contribution in [2.75, 3.05) is 52.9 Å². The summed E-state index contributed by atoms with van der Waals surface area (Å²) in [5.41, 5.74) is 0. The summed E-state index contributed by atoms with van der Waals surface area (Å²) in [6.45, 7) is 10.8. The summed E-state index contributed by atoms with van der Waals surface area (Å²) in [5, 5.41) is 2.00. The van der Waals surface area contributed by atoms with Crippen LogP contribution >= 0.6 is 45.3 Å². The van der Waals surface area contributed by atoms with Crippen molar-refractivity contribution in [2.24, 2.45) is 5.92 Å². The molecular formula is C29H28O8S4. The lowest BCUT2D eigenvalue weighted by Crippen LogP contribution is -2.16. The fraction of sp³-hybridized carbons (Fsp3) is 0.448. The first kappa shape index (κ1) is 25.9. The second-order valence-electron chi connectivity index (χ2n) is 10.4. The lowest BCUT2D eigenvalue weighted by Gasteiger charge is -2.20. The van der Waals surface area contributed by atoms with E-state index in [0.29, 0.717) is 64.7 Å². The molecule has 4 aliphatic heterocycles. The number of fused-ring (bicyclic) bond motifs is 4. The maximum atomic E-state index is 6.32. The Balaban J connectivity index is 1.30. The zero-order chi connectivity index (χ0) is 27.7. The van der Waals surface area contributed by atoms with Gasteiger partial charge in [-0.3, -0.25) is 0 Å². The van der Waals surface area contributed by atoms with Gasteiger partial charge in [0.15, 0.2) is 46.0 Å². The quantitative estimate of drug-likeness (QED) is 0.221. The Kier molecular flexibility index (Phi) is 6.42. The molecule has 0 amide bonds. The van der Waals surface area contributed by atoms with Gasteiger partial charge in [0.1, 0.15) is 52.9 Å². The minimum absolute atomic E-state index is 0.331. The molecule has 8 rings (SSSR count). The molecule has 0 saturated heterocycles. The maximum Gasteiger partial charge on any atom is 0.181 e. The number of hydrogen-bond acceptors (Lipinski definition) is 12. The van der Waals surface area contributed by atoms with Crippen molar-refractivity contribution in [1.29, 1.82) is 0 Å². The van der Waals surface area contributed by atoms with Gasteiger partial charge in [-0.05, 0) is 11.8 Å². The summed E-state index contributed by atoms with van der Waals surface area (Å²) in [6, 6.07) is 0. The van der Waals surface area contributed by atoms with Gasteiger partial charge in [0.2, 0.25) is 0 Å². The maximum absolute atomic E-state index is 6.32. The van der Waals surface area contributed by atoms with Crippen molar-refractivity contribution in [3.63, 3.8) is 0 Å². The van der Waals surface area contributed by atoms with Crippen LogP contribution in [-0.4, -0.2) is 52.9 Å².